The molecular formula is C15H24ClNO2. The normalized spacial score (nSPS) is 12.4. The summed E-state index contributed by atoms with van der Waals surface area (Å²) in [4.78, 5) is 0. The Morgan fingerprint density at radius 1 is 1.26 bits per heavy atom. The van der Waals surface area contributed by atoms with Crippen molar-refractivity contribution in [2.75, 3.05) is 26.9 Å². The zero-order valence-electron chi connectivity index (χ0n) is 12.0. The standard InChI is InChI=1S/C15H24ClNO2/c1-4-5-8-18-9-10-19-15-7-6-13(11-14(15)16)12(2)17-3/h6-7,11-12,17H,4-5,8-10H2,1-3H3. The number of benzene rings is 1. The first kappa shape index (κ1) is 16.3. The van der Waals surface area contributed by atoms with E-state index in [0.29, 0.717) is 24.0 Å². The minimum atomic E-state index is 0.281. The van der Waals surface area contributed by atoms with E-state index in [1.165, 1.54) is 0 Å². The molecular weight excluding hydrogens is 262 g/mol. The van der Waals surface area contributed by atoms with Crippen molar-refractivity contribution in [3.63, 3.8) is 0 Å². The van der Waals surface area contributed by atoms with Crippen LogP contribution in [0.5, 0.6) is 5.75 Å². The second-order valence-corrected chi connectivity index (χ2v) is 4.92. The molecule has 1 atom stereocenters. The Labute approximate surface area is 121 Å². The maximum Gasteiger partial charge on any atom is 0.138 e. The van der Waals surface area contributed by atoms with Gasteiger partial charge in [0.1, 0.15) is 12.4 Å². The average molecular weight is 286 g/mol. The molecule has 0 spiro atoms. The summed E-state index contributed by atoms with van der Waals surface area (Å²) in [5.74, 6) is 0.716. The van der Waals surface area contributed by atoms with Gasteiger partial charge in [-0.2, -0.15) is 0 Å². The molecule has 1 aromatic rings. The third kappa shape index (κ3) is 5.81. The molecule has 0 saturated heterocycles. The molecule has 0 aliphatic heterocycles. The molecule has 1 aromatic carbocycles. The van der Waals surface area contributed by atoms with Gasteiger partial charge in [0.15, 0.2) is 0 Å². The number of ether oxygens (including phenoxy) is 2. The monoisotopic (exact) mass is 285 g/mol. The van der Waals surface area contributed by atoms with E-state index >= 15 is 0 Å². The highest BCUT2D eigenvalue weighted by atomic mass is 35.5. The molecule has 0 heterocycles. The second-order valence-electron chi connectivity index (χ2n) is 4.51. The molecule has 0 bridgehead atoms. The summed E-state index contributed by atoms with van der Waals surface area (Å²) in [5, 5.41) is 3.83. The molecule has 0 fully saturated rings. The topological polar surface area (TPSA) is 30.5 Å². The lowest BCUT2D eigenvalue weighted by molar-refractivity contribution is 0.0981. The summed E-state index contributed by atoms with van der Waals surface area (Å²) in [7, 11) is 1.93. The molecule has 0 aliphatic rings. The molecule has 4 heteroatoms. The van der Waals surface area contributed by atoms with E-state index in [1.807, 2.05) is 25.2 Å². The van der Waals surface area contributed by atoms with E-state index < -0.39 is 0 Å². The van der Waals surface area contributed by atoms with Crippen LogP contribution in [-0.2, 0) is 4.74 Å². The first-order valence-electron chi connectivity index (χ1n) is 6.86. The van der Waals surface area contributed by atoms with Gasteiger partial charge < -0.3 is 14.8 Å². The number of halogens is 1. The van der Waals surface area contributed by atoms with Crippen molar-refractivity contribution in [2.24, 2.45) is 0 Å². The van der Waals surface area contributed by atoms with Gasteiger partial charge in [0.2, 0.25) is 0 Å². The average Bonchev–Trinajstić information content (AvgIpc) is 2.43. The number of nitrogens with one attached hydrogen (secondary N) is 1. The van der Waals surface area contributed by atoms with Crippen LogP contribution >= 0.6 is 11.6 Å². The molecule has 0 saturated carbocycles. The van der Waals surface area contributed by atoms with Crippen molar-refractivity contribution in [3.8, 4) is 5.75 Å². The van der Waals surface area contributed by atoms with Gasteiger partial charge in [0.05, 0.1) is 11.6 Å². The van der Waals surface area contributed by atoms with E-state index in [0.717, 1.165) is 25.0 Å². The van der Waals surface area contributed by atoms with Gasteiger partial charge in [-0.1, -0.05) is 31.0 Å². The number of unbranched alkanes of at least 4 members (excludes halogenated alkanes) is 1. The van der Waals surface area contributed by atoms with Crippen molar-refractivity contribution in [3.05, 3.63) is 28.8 Å². The predicted octanol–water partition coefficient (Wildman–Crippen LogP) is 3.82. The highest BCUT2D eigenvalue weighted by Crippen LogP contribution is 2.27. The Morgan fingerprint density at radius 2 is 2.05 bits per heavy atom. The predicted molar refractivity (Wildman–Crippen MR) is 80.1 cm³/mol. The summed E-state index contributed by atoms with van der Waals surface area (Å²) >= 11 is 6.20. The van der Waals surface area contributed by atoms with Gasteiger partial charge in [-0.15, -0.1) is 0 Å². The van der Waals surface area contributed by atoms with Crippen LogP contribution in [0.4, 0.5) is 0 Å². The van der Waals surface area contributed by atoms with E-state index in [4.69, 9.17) is 21.1 Å². The smallest absolute Gasteiger partial charge is 0.138 e. The molecule has 108 valence electrons. The fraction of sp³-hybridized carbons (Fsp3) is 0.600. The summed E-state index contributed by atoms with van der Waals surface area (Å²) in [6.45, 7) is 6.17. The van der Waals surface area contributed by atoms with Gasteiger partial charge >= 0.3 is 0 Å². The van der Waals surface area contributed by atoms with Gasteiger partial charge in [0.25, 0.3) is 0 Å². The van der Waals surface area contributed by atoms with Crippen molar-refractivity contribution < 1.29 is 9.47 Å². The Morgan fingerprint density at radius 3 is 2.68 bits per heavy atom. The minimum Gasteiger partial charge on any atom is -0.490 e. The molecule has 1 unspecified atom stereocenters. The molecule has 0 radical (unpaired) electrons. The highest BCUT2D eigenvalue weighted by Gasteiger charge is 2.07. The zero-order valence-corrected chi connectivity index (χ0v) is 12.8. The third-order valence-electron chi connectivity index (χ3n) is 3.02. The van der Waals surface area contributed by atoms with Crippen molar-refractivity contribution >= 4 is 11.6 Å². The zero-order chi connectivity index (χ0) is 14.1. The van der Waals surface area contributed by atoms with E-state index in [-0.39, 0.29) is 6.04 Å². The number of hydrogen-bond donors (Lipinski definition) is 1. The highest BCUT2D eigenvalue weighted by molar-refractivity contribution is 6.32. The van der Waals surface area contributed by atoms with Crippen molar-refractivity contribution in [1.29, 1.82) is 0 Å². The van der Waals surface area contributed by atoms with Crippen LogP contribution in [0.1, 0.15) is 38.3 Å². The number of rotatable bonds is 9. The lowest BCUT2D eigenvalue weighted by Crippen LogP contribution is -2.12. The summed E-state index contributed by atoms with van der Waals surface area (Å²) in [5.41, 5.74) is 1.15. The Bertz CT molecular complexity index is 371. The summed E-state index contributed by atoms with van der Waals surface area (Å²) < 4.78 is 11.0. The lowest BCUT2D eigenvalue weighted by atomic mass is 10.1. The molecule has 1 rings (SSSR count). The van der Waals surface area contributed by atoms with E-state index in [1.54, 1.807) is 0 Å². The first-order valence-corrected chi connectivity index (χ1v) is 7.24. The number of hydrogen-bond acceptors (Lipinski definition) is 3. The molecule has 19 heavy (non-hydrogen) atoms. The third-order valence-corrected chi connectivity index (χ3v) is 3.31. The van der Waals surface area contributed by atoms with Crippen LogP contribution in [0, 0.1) is 0 Å². The first-order chi connectivity index (χ1) is 9.19. The van der Waals surface area contributed by atoms with Gasteiger partial charge in [-0.25, -0.2) is 0 Å². The summed E-state index contributed by atoms with van der Waals surface area (Å²) in [6.07, 6.45) is 2.25. The Balaban J connectivity index is 2.38. The maximum absolute atomic E-state index is 6.20. The lowest BCUT2D eigenvalue weighted by Gasteiger charge is -2.13. The van der Waals surface area contributed by atoms with Gasteiger partial charge in [0, 0.05) is 12.6 Å². The molecule has 0 aliphatic carbocycles. The van der Waals surface area contributed by atoms with Crippen LogP contribution in [0.15, 0.2) is 18.2 Å². The fourth-order valence-electron chi connectivity index (χ4n) is 1.63. The van der Waals surface area contributed by atoms with Gasteiger partial charge in [-0.3, -0.25) is 0 Å². The second kappa shape index (κ2) is 9.18. The van der Waals surface area contributed by atoms with Crippen LogP contribution in [0.2, 0.25) is 5.02 Å². The quantitative estimate of drug-likeness (QED) is 0.700. The van der Waals surface area contributed by atoms with Gasteiger partial charge in [-0.05, 0) is 38.1 Å². The van der Waals surface area contributed by atoms with Crippen molar-refractivity contribution in [1.82, 2.24) is 5.32 Å². The maximum atomic E-state index is 6.20. The molecule has 0 aromatic heterocycles. The van der Waals surface area contributed by atoms with E-state index in [9.17, 15) is 0 Å². The van der Waals surface area contributed by atoms with Crippen LogP contribution in [0.3, 0.4) is 0 Å². The van der Waals surface area contributed by atoms with Crippen LogP contribution < -0.4 is 10.1 Å². The molecule has 1 N–H and O–H groups in total. The minimum absolute atomic E-state index is 0.281. The van der Waals surface area contributed by atoms with E-state index in [2.05, 4.69) is 19.2 Å². The van der Waals surface area contributed by atoms with Crippen LogP contribution in [0.25, 0.3) is 0 Å². The largest absolute Gasteiger partial charge is 0.490 e. The Kier molecular flexibility index (Phi) is 7.87. The van der Waals surface area contributed by atoms with Crippen LogP contribution in [-0.4, -0.2) is 26.9 Å². The molecule has 0 amide bonds. The fourth-order valence-corrected chi connectivity index (χ4v) is 1.87. The molecule has 3 nitrogen and oxygen atoms in total. The SMILES string of the molecule is CCCCOCCOc1ccc(C(C)NC)cc1Cl. The van der Waals surface area contributed by atoms with Crippen molar-refractivity contribution in [2.45, 2.75) is 32.7 Å². The summed E-state index contributed by atoms with van der Waals surface area (Å²) in [6, 6.07) is 6.16. The Hall–Kier alpha value is -0.770.